The van der Waals surface area contributed by atoms with Crippen LogP contribution in [0.4, 0.5) is 0 Å². The summed E-state index contributed by atoms with van der Waals surface area (Å²) in [5.74, 6) is 0.287. The molecule has 2 heterocycles. The molecule has 7 heteroatoms. The van der Waals surface area contributed by atoms with Crippen LogP contribution in [-0.4, -0.2) is 37.8 Å². The lowest BCUT2D eigenvalue weighted by atomic mass is 9.94. The molecule has 20 heavy (non-hydrogen) atoms. The van der Waals surface area contributed by atoms with Crippen LogP contribution in [0.1, 0.15) is 25.3 Å². The van der Waals surface area contributed by atoms with Crippen LogP contribution in [-0.2, 0) is 21.4 Å². The van der Waals surface area contributed by atoms with Crippen molar-refractivity contribution in [1.29, 1.82) is 0 Å². The summed E-state index contributed by atoms with van der Waals surface area (Å²) in [6.07, 6.45) is 3.09. The molecular formula is C13H20N2O4S. The van der Waals surface area contributed by atoms with E-state index in [4.69, 9.17) is 9.84 Å². The van der Waals surface area contributed by atoms with Crippen LogP contribution in [0.15, 0.2) is 23.4 Å². The average molecular weight is 300 g/mol. The lowest BCUT2D eigenvalue weighted by Gasteiger charge is -2.28. The van der Waals surface area contributed by atoms with Crippen molar-refractivity contribution >= 4 is 10.0 Å². The number of aromatic nitrogens is 1. The molecule has 1 unspecified atom stereocenters. The number of aliphatic hydroxyl groups excluding tert-OH is 1. The van der Waals surface area contributed by atoms with Gasteiger partial charge in [0.15, 0.2) is 5.03 Å². The van der Waals surface area contributed by atoms with Crippen LogP contribution in [0.25, 0.3) is 0 Å². The first kappa shape index (κ1) is 15.4. The monoisotopic (exact) mass is 300 g/mol. The van der Waals surface area contributed by atoms with Crippen molar-refractivity contribution in [3.05, 3.63) is 23.9 Å². The van der Waals surface area contributed by atoms with E-state index in [9.17, 15) is 8.42 Å². The second kappa shape index (κ2) is 6.62. The largest absolute Gasteiger partial charge is 0.392 e. The van der Waals surface area contributed by atoms with Gasteiger partial charge in [0, 0.05) is 25.5 Å². The van der Waals surface area contributed by atoms with Crippen molar-refractivity contribution in [2.45, 2.75) is 37.4 Å². The molecule has 1 atom stereocenters. The summed E-state index contributed by atoms with van der Waals surface area (Å²) in [4.78, 5) is 3.88. The van der Waals surface area contributed by atoms with Gasteiger partial charge in [-0.3, -0.25) is 0 Å². The summed E-state index contributed by atoms with van der Waals surface area (Å²) in [7, 11) is -3.62. The summed E-state index contributed by atoms with van der Waals surface area (Å²) < 4.78 is 32.4. The zero-order chi connectivity index (χ0) is 14.6. The third-order valence-corrected chi connectivity index (χ3v) is 5.04. The molecule has 0 aromatic carbocycles. The predicted molar refractivity (Wildman–Crippen MR) is 73.5 cm³/mol. The van der Waals surface area contributed by atoms with Crippen molar-refractivity contribution in [3.8, 4) is 0 Å². The van der Waals surface area contributed by atoms with Crippen LogP contribution >= 0.6 is 0 Å². The molecule has 0 bridgehead atoms. The highest BCUT2D eigenvalue weighted by Gasteiger charge is 2.26. The van der Waals surface area contributed by atoms with Crippen molar-refractivity contribution in [2.75, 3.05) is 13.2 Å². The Bertz CT molecular complexity index is 524. The minimum absolute atomic E-state index is 0.0198. The second-order valence-corrected chi connectivity index (χ2v) is 6.68. The summed E-state index contributed by atoms with van der Waals surface area (Å²) in [5.41, 5.74) is 0.585. The molecule has 2 N–H and O–H groups in total. The standard InChI is InChI=1S/C13H20N2O4S/c1-10(12-4-6-19-7-5-12)15-20(17,18)13-3-2-11(9-16)8-14-13/h2-3,8,10,12,15-16H,4-7,9H2,1H3. The van der Waals surface area contributed by atoms with E-state index in [2.05, 4.69) is 9.71 Å². The molecule has 112 valence electrons. The van der Waals surface area contributed by atoms with Crippen LogP contribution in [0.3, 0.4) is 0 Å². The maximum Gasteiger partial charge on any atom is 0.258 e. The number of nitrogens with one attached hydrogen (secondary N) is 1. The quantitative estimate of drug-likeness (QED) is 0.834. The fraction of sp³-hybridized carbons (Fsp3) is 0.615. The number of hydrogen-bond donors (Lipinski definition) is 2. The molecule has 1 saturated heterocycles. The molecule has 2 rings (SSSR count). The van der Waals surface area contributed by atoms with Gasteiger partial charge in [-0.25, -0.2) is 18.1 Å². The normalized spacial score (nSPS) is 18.9. The summed E-state index contributed by atoms with van der Waals surface area (Å²) in [5, 5.41) is 8.91. The molecule has 1 aromatic rings. The van der Waals surface area contributed by atoms with Gasteiger partial charge in [0.25, 0.3) is 10.0 Å². The van der Waals surface area contributed by atoms with Crippen molar-refractivity contribution < 1.29 is 18.3 Å². The number of pyridine rings is 1. The molecule has 0 saturated carbocycles. The van der Waals surface area contributed by atoms with Gasteiger partial charge in [0.2, 0.25) is 0 Å². The Kier molecular flexibility index (Phi) is 5.09. The van der Waals surface area contributed by atoms with Gasteiger partial charge in [-0.15, -0.1) is 0 Å². The van der Waals surface area contributed by atoms with Gasteiger partial charge >= 0.3 is 0 Å². The molecule has 0 amide bonds. The van der Waals surface area contributed by atoms with Crippen LogP contribution in [0.5, 0.6) is 0 Å². The molecule has 0 radical (unpaired) electrons. The van der Waals surface area contributed by atoms with E-state index < -0.39 is 10.0 Å². The minimum Gasteiger partial charge on any atom is -0.392 e. The molecule has 1 aliphatic heterocycles. The van der Waals surface area contributed by atoms with Crippen LogP contribution in [0, 0.1) is 5.92 Å². The summed E-state index contributed by atoms with van der Waals surface area (Å²) in [6.45, 7) is 3.08. The highest BCUT2D eigenvalue weighted by Crippen LogP contribution is 2.20. The van der Waals surface area contributed by atoms with Crippen LogP contribution < -0.4 is 4.72 Å². The number of nitrogens with zero attached hydrogens (tertiary/aromatic N) is 1. The predicted octanol–water partition coefficient (Wildman–Crippen LogP) is 0.667. The first-order chi connectivity index (χ1) is 9.53. The summed E-state index contributed by atoms with van der Waals surface area (Å²) in [6, 6.07) is 2.81. The Morgan fingerprint density at radius 2 is 2.15 bits per heavy atom. The molecule has 0 aliphatic carbocycles. The van der Waals surface area contributed by atoms with Gasteiger partial charge in [-0.1, -0.05) is 6.07 Å². The third kappa shape index (κ3) is 3.76. The van der Waals surface area contributed by atoms with E-state index in [1.54, 1.807) is 6.07 Å². The van der Waals surface area contributed by atoms with Gasteiger partial charge in [-0.05, 0) is 37.3 Å². The minimum atomic E-state index is -3.62. The molecular weight excluding hydrogens is 280 g/mol. The first-order valence-corrected chi connectivity index (χ1v) is 8.17. The van der Waals surface area contributed by atoms with Gasteiger partial charge in [0.1, 0.15) is 0 Å². The van der Waals surface area contributed by atoms with E-state index in [1.165, 1.54) is 12.3 Å². The fourth-order valence-electron chi connectivity index (χ4n) is 2.28. The number of hydrogen-bond acceptors (Lipinski definition) is 5. The van der Waals surface area contributed by atoms with Crippen molar-refractivity contribution in [3.63, 3.8) is 0 Å². The van der Waals surface area contributed by atoms with Gasteiger partial charge in [-0.2, -0.15) is 0 Å². The highest BCUT2D eigenvalue weighted by molar-refractivity contribution is 7.89. The van der Waals surface area contributed by atoms with E-state index in [0.29, 0.717) is 18.8 Å². The highest BCUT2D eigenvalue weighted by atomic mass is 32.2. The second-order valence-electron chi connectivity index (χ2n) is 5.02. The Hall–Kier alpha value is -1.02. The van der Waals surface area contributed by atoms with Crippen LogP contribution in [0.2, 0.25) is 0 Å². The fourth-order valence-corrected chi connectivity index (χ4v) is 3.52. The number of rotatable bonds is 5. The topological polar surface area (TPSA) is 88.5 Å². The lowest BCUT2D eigenvalue weighted by molar-refractivity contribution is 0.0585. The van der Waals surface area contributed by atoms with Gasteiger partial charge in [0.05, 0.1) is 6.61 Å². The smallest absolute Gasteiger partial charge is 0.258 e. The molecule has 0 spiro atoms. The van der Waals surface area contributed by atoms with E-state index >= 15 is 0 Å². The summed E-state index contributed by atoms with van der Waals surface area (Å²) >= 11 is 0. The maximum atomic E-state index is 12.2. The van der Waals surface area contributed by atoms with E-state index in [1.807, 2.05) is 6.92 Å². The Labute approximate surface area is 119 Å². The number of aliphatic hydroxyl groups is 1. The average Bonchev–Trinajstić information content (AvgIpc) is 2.48. The van der Waals surface area contributed by atoms with E-state index in [-0.39, 0.29) is 23.6 Å². The third-order valence-electron chi connectivity index (χ3n) is 3.57. The SMILES string of the molecule is CC(NS(=O)(=O)c1ccc(CO)cn1)C1CCOCC1. The number of ether oxygens (including phenoxy) is 1. The molecule has 1 aromatic heterocycles. The van der Waals surface area contributed by atoms with Crippen molar-refractivity contribution in [1.82, 2.24) is 9.71 Å². The maximum absolute atomic E-state index is 12.2. The lowest BCUT2D eigenvalue weighted by Crippen LogP contribution is -2.40. The Morgan fingerprint density at radius 1 is 1.45 bits per heavy atom. The molecule has 1 fully saturated rings. The first-order valence-electron chi connectivity index (χ1n) is 6.69. The molecule has 6 nitrogen and oxygen atoms in total. The molecule has 1 aliphatic rings. The zero-order valence-corrected chi connectivity index (χ0v) is 12.3. The number of sulfonamides is 1. The zero-order valence-electron chi connectivity index (χ0n) is 11.4. The van der Waals surface area contributed by atoms with Gasteiger partial charge < -0.3 is 9.84 Å². The Balaban J connectivity index is 2.05. The van der Waals surface area contributed by atoms with Crippen molar-refractivity contribution in [2.24, 2.45) is 5.92 Å². The Morgan fingerprint density at radius 3 is 2.70 bits per heavy atom. The van der Waals surface area contributed by atoms with E-state index in [0.717, 1.165) is 12.8 Å².